The molecule has 3 heterocycles. The second-order valence-electron chi connectivity index (χ2n) is 6.07. The lowest BCUT2D eigenvalue weighted by Gasteiger charge is -2.25. The zero-order valence-electron chi connectivity index (χ0n) is 14.0. The quantitative estimate of drug-likeness (QED) is 0.504. The van der Waals surface area contributed by atoms with Gasteiger partial charge < -0.3 is 23.6 Å². The van der Waals surface area contributed by atoms with Gasteiger partial charge in [-0.15, -0.1) is 0 Å². The van der Waals surface area contributed by atoms with Crippen LogP contribution in [-0.2, 0) is 4.79 Å². The van der Waals surface area contributed by atoms with E-state index in [4.69, 9.17) is 8.83 Å². The Hall–Kier alpha value is -2.67. The van der Waals surface area contributed by atoms with Crippen LogP contribution in [0, 0.1) is 0 Å². The number of oxazole rings is 1. The third-order valence-corrected chi connectivity index (χ3v) is 5.08. The normalized spacial score (nSPS) is 15.5. The van der Waals surface area contributed by atoms with E-state index in [0.29, 0.717) is 16.9 Å². The molecule has 2 aromatic heterocycles. The van der Waals surface area contributed by atoms with Crippen LogP contribution in [0.2, 0.25) is 0 Å². The second-order valence-corrected chi connectivity index (χ2v) is 7.06. The van der Waals surface area contributed by atoms with Crippen molar-refractivity contribution in [2.45, 2.75) is 24.5 Å². The molecule has 0 spiro atoms. The molecule has 0 aliphatic carbocycles. The number of carbonyl (C=O) groups is 1. The topological polar surface area (TPSA) is 82.5 Å². The highest BCUT2D eigenvalue weighted by atomic mass is 32.2. The molecule has 4 rings (SSSR count). The fourth-order valence-electron chi connectivity index (χ4n) is 2.95. The van der Waals surface area contributed by atoms with E-state index >= 15 is 0 Å². The molecule has 0 bridgehead atoms. The van der Waals surface area contributed by atoms with E-state index < -0.39 is 5.97 Å². The molecule has 3 aromatic rings. The van der Waals surface area contributed by atoms with Crippen molar-refractivity contribution in [1.29, 1.82) is 0 Å². The smallest absolute Gasteiger partial charge is 0.261 e. The molecular formula is C19H17N2O4S-. The van der Waals surface area contributed by atoms with Gasteiger partial charge in [-0.2, -0.15) is 0 Å². The van der Waals surface area contributed by atoms with E-state index in [1.807, 2.05) is 24.3 Å². The Morgan fingerprint density at radius 1 is 1.12 bits per heavy atom. The van der Waals surface area contributed by atoms with Crippen molar-refractivity contribution in [3.05, 3.63) is 47.1 Å². The van der Waals surface area contributed by atoms with E-state index in [1.54, 1.807) is 12.1 Å². The number of aromatic nitrogens is 1. The molecule has 134 valence electrons. The molecule has 0 amide bonds. The lowest BCUT2D eigenvalue weighted by molar-refractivity contribution is -0.298. The molecule has 1 fully saturated rings. The number of para-hydroxylation sites is 2. The number of carbonyl (C=O) groups excluding carboxylic acids is 1. The fourth-order valence-corrected chi connectivity index (χ4v) is 3.67. The number of furan rings is 1. The summed E-state index contributed by atoms with van der Waals surface area (Å²) in [6.45, 7) is 1.92. The minimum absolute atomic E-state index is 0.0175. The van der Waals surface area contributed by atoms with Crippen LogP contribution in [0.4, 0.5) is 5.88 Å². The fraction of sp³-hybridized carbons (Fsp3) is 0.263. The largest absolute Gasteiger partial charge is 0.544 e. The number of rotatable bonds is 5. The molecule has 0 N–H and O–H groups in total. The summed E-state index contributed by atoms with van der Waals surface area (Å²) in [5.74, 6) is -0.0675. The summed E-state index contributed by atoms with van der Waals surface area (Å²) in [7, 11) is 0. The van der Waals surface area contributed by atoms with Gasteiger partial charge in [0, 0.05) is 24.1 Å². The van der Waals surface area contributed by atoms with Crippen molar-refractivity contribution in [1.82, 2.24) is 4.98 Å². The summed E-state index contributed by atoms with van der Waals surface area (Å²) in [6, 6.07) is 10.9. The zero-order valence-corrected chi connectivity index (χ0v) is 14.8. The van der Waals surface area contributed by atoms with Gasteiger partial charge in [0.1, 0.15) is 11.3 Å². The molecule has 1 aliphatic heterocycles. The predicted octanol–water partition coefficient (Wildman–Crippen LogP) is 3.29. The number of hydrogen-bond acceptors (Lipinski definition) is 7. The Kier molecular flexibility index (Phi) is 4.71. The average molecular weight is 369 g/mol. The van der Waals surface area contributed by atoms with Gasteiger partial charge in [-0.25, -0.2) is 4.98 Å². The van der Waals surface area contributed by atoms with Gasteiger partial charge in [0.05, 0.1) is 5.97 Å². The molecule has 6 nitrogen and oxygen atoms in total. The van der Waals surface area contributed by atoms with Crippen LogP contribution in [0.15, 0.2) is 55.4 Å². The summed E-state index contributed by atoms with van der Waals surface area (Å²) in [6.07, 6.45) is 4.97. The molecule has 1 aromatic carbocycles. The van der Waals surface area contributed by atoms with Crippen molar-refractivity contribution in [2.75, 3.05) is 18.0 Å². The molecule has 0 radical (unpaired) electrons. The van der Waals surface area contributed by atoms with Crippen LogP contribution in [0.3, 0.4) is 0 Å². The number of benzene rings is 1. The van der Waals surface area contributed by atoms with Crippen LogP contribution in [0.25, 0.3) is 17.2 Å². The summed E-state index contributed by atoms with van der Waals surface area (Å²) >= 11 is 0.910. The Balaban J connectivity index is 1.55. The number of nitrogens with zero attached hydrogens (tertiary/aromatic N) is 2. The first-order valence-corrected chi connectivity index (χ1v) is 9.32. The van der Waals surface area contributed by atoms with Gasteiger partial charge in [0.25, 0.3) is 5.22 Å². The average Bonchev–Trinajstić information content (AvgIpc) is 3.28. The molecule has 1 saturated heterocycles. The number of carboxylic acid groups (broad SMARTS) is 1. The van der Waals surface area contributed by atoms with Gasteiger partial charge in [0.2, 0.25) is 0 Å². The maximum atomic E-state index is 11.5. The van der Waals surface area contributed by atoms with Crippen LogP contribution in [0.1, 0.15) is 25.0 Å². The number of thioether (sulfide) groups is 1. The Labute approximate surface area is 154 Å². The van der Waals surface area contributed by atoms with E-state index in [1.165, 1.54) is 12.5 Å². The standard InChI is InChI=1S/C19H18N2O4S/c22-18(23)16(26-19-20-14-6-2-3-7-15(14)25-19)12-13-8-9-17(24-13)21-10-4-1-5-11-21/h2-3,6-9,12H,1,4-5,10-11H2,(H,22,23)/p-1/b16-12+. The van der Waals surface area contributed by atoms with Crippen LogP contribution in [-0.4, -0.2) is 24.0 Å². The van der Waals surface area contributed by atoms with Crippen molar-refractivity contribution >= 4 is 40.8 Å². The monoisotopic (exact) mass is 369 g/mol. The molecule has 0 unspecified atom stereocenters. The number of anilines is 1. The summed E-state index contributed by atoms with van der Waals surface area (Å²) in [5, 5.41) is 11.8. The zero-order chi connectivity index (χ0) is 17.9. The van der Waals surface area contributed by atoms with Crippen molar-refractivity contribution in [3.8, 4) is 0 Å². The third kappa shape index (κ3) is 3.62. The van der Waals surface area contributed by atoms with Crippen LogP contribution < -0.4 is 10.0 Å². The SMILES string of the molecule is O=C([O-])/C(=C\c1ccc(N2CCCCC2)o1)Sc1nc2ccccc2o1. The Morgan fingerprint density at radius 2 is 1.92 bits per heavy atom. The van der Waals surface area contributed by atoms with Gasteiger partial charge in [-0.05, 0) is 55.3 Å². The number of hydrogen-bond donors (Lipinski definition) is 0. The van der Waals surface area contributed by atoms with Crippen LogP contribution in [0.5, 0.6) is 0 Å². The summed E-state index contributed by atoms with van der Waals surface area (Å²) in [4.78, 5) is 17.9. The number of aliphatic carboxylic acids is 1. The minimum atomic E-state index is -1.30. The van der Waals surface area contributed by atoms with Gasteiger partial charge in [0.15, 0.2) is 11.5 Å². The summed E-state index contributed by atoms with van der Waals surface area (Å²) in [5.41, 5.74) is 1.29. The molecule has 0 saturated carbocycles. The first-order chi connectivity index (χ1) is 12.7. The first kappa shape index (κ1) is 16.8. The van der Waals surface area contributed by atoms with E-state index in [9.17, 15) is 9.90 Å². The lowest BCUT2D eigenvalue weighted by Crippen LogP contribution is -2.28. The molecule has 1 aliphatic rings. The van der Waals surface area contributed by atoms with Crippen molar-refractivity contribution in [3.63, 3.8) is 0 Å². The van der Waals surface area contributed by atoms with E-state index in [-0.39, 0.29) is 10.1 Å². The van der Waals surface area contributed by atoms with E-state index in [0.717, 1.165) is 43.6 Å². The highest BCUT2D eigenvalue weighted by molar-refractivity contribution is 8.03. The Morgan fingerprint density at radius 3 is 2.69 bits per heavy atom. The minimum Gasteiger partial charge on any atom is -0.544 e. The van der Waals surface area contributed by atoms with Gasteiger partial charge >= 0.3 is 0 Å². The van der Waals surface area contributed by atoms with Gasteiger partial charge in [-0.3, -0.25) is 0 Å². The van der Waals surface area contributed by atoms with Gasteiger partial charge in [-0.1, -0.05) is 12.1 Å². The van der Waals surface area contributed by atoms with Crippen molar-refractivity contribution in [2.24, 2.45) is 0 Å². The Bertz CT molecular complexity index is 920. The molecular weight excluding hydrogens is 352 g/mol. The first-order valence-electron chi connectivity index (χ1n) is 8.50. The number of piperidine rings is 1. The maximum Gasteiger partial charge on any atom is 0.261 e. The second kappa shape index (κ2) is 7.29. The van der Waals surface area contributed by atoms with E-state index in [2.05, 4.69) is 9.88 Å². The van der Waals surface area contributed by atoms with Crippen LogP contribution >= 0.6 is 11.8 Å². The highest BCUT2D eigenvalue weighted by Gasteiger charge is 2.15. The predicted molar refractivity (Wildman–Crippen MR) is 97.6 cm³/mol. The molecule has 26 heavy (non-hydrogen) atoms. The third-order valence-electron chi connectivity index (χ3n) is 4.23. The maximum absolute atomic E-state index is 11.5. The number of fused-ring (bicyclic) bond motifs is 1. The molecule has 7 heteroatoms. The number of carboxylic acids is 1. The lowest BCUT2D eigenvalue weighted by atomic mass is 10.1. The molecule has 0 atom stereocenters. The van der Waals surface area contributed by atoms with Crippen molar-refractivity contribution < 1.29 is 18.7 Å². The summed E-state index contributed by atoms with van der Waals surface area (Å²) < 4.78 is 11.4. The highest BCUT2D eigenvalue weighted by Crippen LogP contribution is 2.31.